The van der Waals surface area contributed by atoms with Gasteiger partial charge in [-0.25, -0.2) is 4.39 Å². The first kappa shape index (κ1) is 15.8. The number of hydrogen-bond donors (Lipinski definition) is 0. The molecule has 0 spiro atoms. The van der Waals surface area contributed by atoms with E-state index >= 15 is 0 Å². The molecule has 2 aromatic carbocycles. The van der Waals surface area contributed by atoms with Crippen LogP contribution in [-0.2, 0) is 17.9 Å². The molecule has 21 heavy (non-hydrogen) atoms. The molecule has 0 N–H and O–H groups in total. The van der Waals surface area contributed by atoms with Crippen LogP contribution in [-0.4, -0.2) is 0 Å². The molecule has 0 aliphatic carbocycles. The summed E-state index contributed by atoms with van der Waals surface area (Å²) in [5.74, 6) is 0.175. The fraction of sp³-hybridized carbons (Fsp3) is 0.333. The zero-order valence-corrected chi connectivity index (χ0v) is 13.4. The van der Waals surface area contributed by atoms with E-state index in [1.165, 1.54) is 11.6 Å². The van der Waals surface area contributed by atoms with Gasteiger partial charge in [0.25, 0.3) is 0 Å². The summed E-state index contributed by atoms with van der Waals surface area (Å²) in [6, 6.07) is 13.0. The van der Waals surface area contributed by atoms with Gasteiger partial charge in [-0.05, 0) is 34.2 Å². The van der Waals surface area contributed by atoms with Crippen LogP contribution < -0.4 is 4.74 Å². The lowest BCUT2D eigenvalue weighted by atomic mass is 9.87. The second kappa shape index (κ2) is 6.48. The van der Waals surface area contributed by atoms with Crippen molar-refractivity contribution >= 4 is 11.6 Å². The predicted octanol–water partition coefficient (Wildman–Crippen LogP) is 5.44. The highest BCUT2D eigenvalue weighted by Gasteiger charge is 2.13. The lowest BCUT2D eigenvalue weighted by Gasteiger charge is -2.19. The van der Waals surface area contributed by atoms with Crippen LogP contribution in [0.1, 0.15) is 37.5 Å². The van der Waals surface area contributed by atoms with Crippen molar-refractivity contribution < 1.29 is 9.13 Å². The fourth-order valence-electron chi connectivity index (χ4n) is 2.01. The van der Waals surface area contributed by atoms with Crippen molar-refractivity contribution in [1.82, 2.24) is 0 Å². The van der Waals surface area contributed by atoms with Crippen LogP contribution in [0.3, 0.4) is 0 Å². The van der Waals surface area contributed by atoms with Crippen molar-refractivity contribution in [3.05, 3.63) is 65.0 Å². The summed E-state index contributed by atoms with van der Waals surface area (Å²) in [5.41, 5.74) is 3.16. The third-order valence-electron chi connectivity index (χ3n) is 3.36. The Hall–Kier alpha value is -1.54. The van der Waals surface area contributed by atoms with E-state index in [4.69, 9.17) is 16.3 Å². The highest BCUT2D eigenvalue weighted by molar-refractivity contribution is 6.17. The zero-order chi connectivity index (χ0) is 15.5. The molecule has 0 heterocycles. The maximum absolute atomic E-state index is 13.8. The summed E-state index contributed by atoms with van der Waals surface area (Å²) in [5, 5.41) is 0. The maximum Gasteiger partial charge on any atom is 0.165 e. The molecular weight excluding hydrogens is 287 g/mol. The Labute approximate surface area is 130 Å². The van der Waals surface area contributed by atoms with Gasteiger partial charge >= 0.3 is 0 Å². The first-order valence-corrected chi connectivity index (χ1v) is 7.50. The minimum Gasteiger partial charge on any atom is -0.486 e. The smallest absolute Gasteiger partial charge is 0.165 e. The van der Waals surface area contributed by atoms with Crippen molar-refractivity contribution in [3.8, 4) is 5.75 Å². The van der Waals surface area contributed by atoms with Crippen molar-refractivity contribution in [3.63, 3.8) is 0 Å². The quantitative estimate of drug-likeness (QED) is 0.683. The van der Waals surface area contributed by atoms with E-state index in [0.717, 1.165) is 11.1 Å². The average Bonchev–Trinajstić information content (AvgIpc) is 2.45. The molecule has 0 saturated carbocycles. The third-order valence-corrected chi connectivity index (χ3v) is 3.67. The van der Waals surface area contributed by atoms with Crippen molar-refractivity contribution in [1.29, 1.82) is 0 Å². The Morgan fingerprint density at radius 3 is 2.14 bits per heavy atom. The molecule has 0 aliphatic heterocycles. The number of hydrogen-bond acceptors (Lipinski definition) is 1. The number of ether oxygens (including phenoxy) is 1. The normalized spacial score (nSPS) is 11.5. The summed E-state index contributed by atoms with van der Waals surface area (Å²) in [6.07, 6.45) is 0. The second-order valence-electron chi connectivity index (χ2n) is 6.13. The number of alkyl halides is 1. The fourth-order valence-corrected chi connectivity index (χ4v) is 2.17. The van der Waals surface area contributed by atoms with Crippen LogP contribution in [0.15, 0.2) is 42.5 Å². The molecule has 112 valence electrons. The number of halogens is 2. The van der Waals surface area contributed by atoms with E-state index in [1.807, 2.05) is 12.1 Å². The van der Waals surface area contributed by atoms with Gasteiger partial charge in [0.05, 0.1) is 0 Å². The summed E-state index contributed by atoms with van der Waals surface area (Å²) in [7, 11) is 0. The van der Waals surface area contributed by atoms with E-state index in [-0.39, 0.29) is 17.0 Å². The molecule has 0 saturated heterocycles. The lowest BCUT2D eigenvalue weighted by molar-refractivity contribution is 0.290. The Morgan fingerprint density at radius 1 is 1.00 bits per heavy atom. The molecule has 0 atom stereocenters. The summed E-state index contributed by atoms with van der Waals surface area (Å²) in [4.78, 5) is 0. The molecule has 0 aromatic heterocycles. The average molecular weight is 307 g/mol. The summed E-state index contributed by atoms with van der Waals surface area (Å²) in [6.45, 7) is 6.87. The maximum atomic E-state index is 13.8. The summed E-state index contributed by atoms with van der Waals surface area (Å²) >= 11 is 5.67. The molecule has 0 aliphatic rings. The third kappa shape index (κ3) is 4.21. The number of rotatable bonds is 4. The highest BCUT2D eigenvalue weighted by Crippen LogP contribution is 2.23. The Balaban J connectivity index is 2.03. The molecule has 0 unspecified atom stereocenters. The van der Waals surface area contributed by atoms with Gasteiger partial charge < -0.3 is 4.74 Å². The summed E-state index contributed by atoms with van der Waals surface area (Å²) < 4.78 is 19.3. The molecular formula is C18H20ClFO. The van der Waals surface area contributed by atoms with E-state index in [0.29, 0.717) is 12.5 Å². The Morgan fingerprint density at radius 2 is 1.62 bits per heavy atom. The first-order valence-electron chi connectivity index (χ1n) is 6.97. The van der Waals surface area contributed by atoms with Gasteiger partial charge in [-0.3, -0.25) is 0 Å². The molecule has 0 fully saturated rings. The van der Waals surface area contributed by atoms with Gasteiger partial charge in [-0.2, -0.15) is 0 Å². The molecule has 1 nitrogen and oxygen atoms in total. The highest BCUT2D eigenvalue weighted by atomic mass is 35.5. The van der Waals surface area contributed by atoms with E-state index in [2.05, 4.69) is 32.9 Å². The van der Waals surface area contributed by atoms with Crippen LogP contribution in [0.25, 0.3) is 0 Å². The molecule has 3 heteroatoms. The Bertz CT molecular complexity index is 600. The van der Waals surface area contributed by atoms with Gasteiger partial charge in [0.1, 0.15) is 6.61 Å². The molecule has 2 rings (SSSR count). The standard InChI is InChI=1S/C18H20ClFO/c1-18(2,3)15-7-4-13(5-8-15)12-21-17-9-6-14(11-19)10-16(17)20/h4-10H,11-12H2,1-3H3. The van der Waals surface area contributed by atoms with E-state index < -0.39 is 0 Å². The molecule has 0 bridgehead atoms. The minimum absolute atomic E-state index is 0.128. The van der Waals surface area contributed by atoms with Crippen LogP contribution in [0.4, 0.5) is 4.39 Å². The van der Waals surface area contributed by atoms with Crippen molar-refractivity contribution in [2.75, 3.05) is 0 Å². The topological polar surface area (TPSA) is 9.23 Å². The van der Waals surface area contributed by atoms with Gasteiger partial charge in [0, 0.05) is 5.88 Å². The lowest BCUT2D eigenvalue weighted by Crippen LogP contribution is -2.10. The minimum atomic E-state index is -0.375. The van der Waals surface area contributed by atoms with Crippen molar-refractivity contribution in [2.24, 2.45) is 0 Å². The molecule has 0 amide bonds. The predicted molar refractivity (Wildman–Crippen MR) is 85.4 cm³/mol. The van der Waals surface area contributed by atoms with Gasteiger partial charge in [0.2, 0.25) is 0 Å². The monoisotopic (exact) mass is 306 g/mol. The number of benzene rings is 2. The molecule has 0 radical (unpaired) electrons. The van der Waals surface area contributed by atoms with Crippen molar-refractivity contribution in [2.45, 2.75) is 38.7 Å². The first-order chi connectivity index (χ1) is 9.90. The van der Waals surface area contributed by atoms with E-state index in [1.54, 1.807) is 12.1 Å². The van der Waals surface area contributed by atoms with Crippen LogP contribution in [0.2, 0.25) is 0 Å². The molecule has 2 aromatic rings. The van der Waals surface area contributed by atoms with Gasteiger partial charge in [-0.1, -0.05) is 51.1 Å². The SMILES string of the molecule is CC(C)(C)c1ccc(COc2ccc(CCl)cc2F)cc1. The van der Waals surface area contributed by atoms with Gasteiger partial charge in [0.15, 0.2) is 11.6 Å². The largest absolute Gasteiger partial charge is 0.486 e. The van der Waals surface area contributed by atoms with E-state index in [9.17, 15) is 4.39 Å². The second-order valence-corrected chi connectivity index (χ2v) is 6.40. The van der Waals surface area contributed by atoms with Crippen LogP contribution in [0, 0.1) is 5.82 Å². The van der Waals surface area contributed by atoms with Crippen LogP contribution >= 0.6 is 11.6 Å². The van der Waals surface area contributed by atoms with Crippen LogP contribution in [0.5, 0.6) is 5.75 Å². The Kier molecular flexibility index (Phi) is 4.89. The zero-order valence-electron chi connectivity index (χ0n) is 12.6. The van der Waals surface area contributed by atoms with Gasteiger partial charge in [-0.15, -0.1) is 11.6 Å².